The molecule has 0 aliphatic heterocycles. The zero-order valence-corrected chi connectivity index (χ0v) is 12.6. The van der Waals surface area contributed by atoms with Crippen LogP contribution in [0.2, 0.25) is 0 Å². The normalized spacial score (nSPS) is 10.1. The highest BCUT2D eigenvalue weighted by Gasteiger charge is 2.10. The van der Waals surface area contributed by atoms with Crippen molar-refractivity contribution in [2.24, 2.45) is 0 Å². The monoisotopic (exact) mass is 302 g/mol. The third kappa shape index (κ3) is 3.30. The molecular formula is C17H14N6. The molecule has 2 aromatic heterocycles. The molecule has 1 N–H and O–H groups in total. The summed E-state index contributed by atoms with van der Waals surface area (Å²) in [5, 5.41) is 12.5. The van der Waals surface area contributed by atoms with E-state index in [9.17, 15) is 5.26 Å². The van der Waals surface area contributed by atoms with Gasteiger partial charge in [0, 0.05) is 23.5 Å². The van der Waals surface area contributed by atoms with Gasteiger partial charge in [0.05, 0.1) is 35.8 Å². The van der Waals surface area contributed by atoms with Gasteiger partial charge in [-0.25, -0.2) is 9.97 Å². The quantitative estimate of drug-likeness (QED) is 0.797. The Morgan fingerprint density at radius 3 is 2.70 bits per heavy atom. The first kappa shape index (κ1) is 14.6. The van der Waals surface area contributed by atoms with Crippen molar-refractivity contribution in [3.8, 4) is 17.2 Å². The topological polar surface area (TPSA) is 87.4 Å². The summed E-state index contributed by atoms with van der Waals surface area (Å²) in [7, 11) is 0. The van der Waals surface area contributed by atoms with Crippen LogP contribution in [-0.2, 0) is 6.54 Å². The predicted molar refractivity (Wildman–Crippen MR) is 86.3 cm³/mol. The molecule has 3 aromatic rings. The van der Waals surface area contributed by atoms with Crippen LogP contribution in [0.15, 0.2) is 49.2 Å². The smallest absolute Gasteiger partial charge is 0.137 e. The average Bonchev–Trinajstić information content (AvgIpc) is 2.61. The number of anilines is 1. The van der Waals surface area contributed by atoms with Crippen LogP contribution < -0.4 is 5.32 Å². The zero-order chi connectivity index (χ0) is 16.1. The first-order valence-corrected chi connectivity index (χ1v) is 7.09. The van der Waals surface area contributed by atoms with Gasteiger partial charge in [0.15, 0.2) is 0 Å². The number of rotatable bonds is 4. The van der Waals surface area contributed by atoms with Gasteiger partial charge in [0.25, 0.3) is 0 Å². The zero-order valence-electron chi connectivity index (χ0n) is 12.6. The van der Waals surface area contributed by atoms with E-state index in [1.165, 1.54) is 6.33 Å². The van der Waals surface area contributed by atoms with E-state index in [0.29, 0.717) is 17.9 Å². The van der Waals surface area contributed by atoms with Crippen LogP contribution in [0.1, 0.15) is 17.0 Å². The highest BCUT2D eigenvalue weighted by Crippen LogP contribution is 2.28. The maximum Gasteiger partial charge on any atom is 0.137 e. The first-order chi connectivity index (χ1) is 11.3. The minimum absolute atomic E-state index is 0.492. The number of nitrogens with zero attached hydrogens (tertiary/aromatic N) is 5. The van der Waals surface area contributed by atoms with Crippen molar-refractivity contribution in [1.82, 2.24) is 19.9 Å². The summed E-state index contributed by atoms with van der Waals surface area (Å²) in [6.07, 6.45) is 6.63. The predicted octanol–water partition coefficient (Wildman–Crippen LogP) is 2.73. The van der Waals surface area contributed by atoms with Crippen molar-refractivity contribution in [2.45, 2.75) is 13.5 Å². The number of benzene rings is 1. The van der Waals surface area contributed by atoms with Gasteiger partial charge in [-0.3, -0.25) is 9.97 Å². The number of aromatic nitrogens is 4. The maximum absolute atomic E-state index is 9.28. The lowest BCUT2D eigenvalue weighted by atomic mass is 10.0. The molecule has 112 valence electrons. The summed E-state index contributed by atoms with van der Waals surface area (Å²) in [6, 6.07) is 9.58. The molecule has 6 nitrogen and oxygen atoms in total. The summed E-state index contributed by atoms with van der Waals surface area (Å²) in [4.78, 5) is 16.9. The average molecular weight is 302 g/mol. The molecule has 1 aromatic carbocycles. The van der Waals surface area contributed by atoms with Crippen LogP contribution in [-0.4, -0.2) is 19.9 Å². The van der Waals surface area contributed by atoms with E-state index in [1.807, 2.05) is 25.1 Å². The Hall–Kier alpha value is -3.33. The van der Waals surface area contributed by atoms with Gasteiger partial charge in [0.1, 0.15) is 12.1 Å². The lowest BCUT2D eigenvalue weighted by Crippen LogP contribution is -2.06. The maximum atomic E-state index is 9.28. The van der Waals surface area contributed by atoms with Gasteiger partial charge in [-0.1, -0.05) is 18.2 Å². The molecule has 0 amide bonds. The molecule has 0 saturated heterocycles. The highest BCUT2D eigenvalue weighted by molar-refractivity contribution is 5.78. The minimum Gasteiger partial charge on any atom is -0.364 e. The van der Waals surface area contributed by atoms with Crippen molar-refractivity contribution in [2.75, 3.05) is 5.32 Å². The Balaban J connectivity index is 1.89. The van der Waals surface area contributed by atoms with Gasteiger partial charge in [-0.15, -0.1) is 0 Å². The third-order valence-electron chi connectivity index (χ3n) is 3.32. The lowest BCUT2D eigenvalue weighted by molar-refractivity contribution is 0.973. The molecule has 0 aliphatic rings. The van der Waals surface area contributed by atoms with Crippen LogP contribution in [0.3, 0.4) is 0 Å². The Labute approximate surface area is 133 Å². The van der Waals surface area contributed by atoms with E-state index in [1.54, 1.807) is 24.7 Å². The Kier molecular flexibility index (Phi) is 4.20. The van der Waals surface area contributed by atoms with Gasteiger partial charge in [-0.05, 0) is 13.0 Å². The number of hydrogen-bond acceptors (Lipinski definition) is 6. The first-order valence-electron chi connectivity index (χ1n) is 7.09. The summed E-state index contributed by atoms with van der Waals surface area (Å²) < 4.78 is 0. The van der Waals surface area contributed by atoms with E-state index in [0.717, 1.165) is 22.5 Å². The van der Waals surface area contributed by atoms with Crippen LogP contribution in [0.5, 0.6) is 0 Å². The van der Waals surface area contributed by atoms with Gasteiger partial charge < -0.3 is 5.32 Å². The molecule has 0 fully saturated rings. The van der Waals surface area contributed by atoms with Crippen molar-refractivity contribution in [3.63, 3.8) is 0 Å². The Morgan fingerprint density at radius 2 is 1.91 bits per heavy atom. The van der Waals surface area contributed by atoms with E-state index >= 15 is 0 Å². The summed E-state index contributed by atoms with van der Waals surface area (Å²) in [6.45, 7) is 2.39. The third-order valence-corrected chi connectivity index (χ3v) is 3.32. The molecular weight excluding hydrogens is 288 g/mol. The Bertz CT molecular complexity index is 851. The fraction of sp³-hybridized carbons (Fsp3) is 0.118. The molecule has 0 radical (unpaired) electrons. The molecule has 6 heteroatoms. The number of nitriles is 1. The molecule has 2 heterocycles. The number of hydrogen-bond donors (Lipinski definition) is 1. The summed E-state index contributed by atoms with van der Waals surface area (Å²) in [5.74, 6) is 0.657. The van der Waals surface area contributed by atoms with Crippen LogP contribution in [0.25, 0.3) is 11.1 Å². The van der Waals surface area contributed by atoms with Crippen LogP contribution in [0, 0.1) is 18.3 Å². The second kappa shape index (κ2) is 6.62. The minimum atomic E-state index is 0.492. The van der Waals surface area contributed by atoms with E-state index < -0.39 is 0 Å². The molecule has 3 rings (SSSR count). The van der Waals surface area contributed by atoms with Crippen LogP contribution >= 0.6 is 0 Å². The number of aryl methyl sites for hydroxylation is 1. The van der Waals surface area contributed by atoms with Crippen molar-refractivity contribution in [3.05, 3.63) is 66.1 Å². The molecule has 0 bridgehead atoms. The molecule has 0 unspecified atom stereocenters. The SMILES string of the molecule is Cc1cnc(CNc2ncncc2-c2ccccc2C#N)cn1. The van der Waals surface area contributed by atoms with E-state index in [-0.39, 0.29) is 0 Å². The van der Waals surface area contributed by atoms with Crippen LogP contribution in [0.4, 0.5) is 5.82 Å². The fourth-order valence-electron chi connectivity index (χ4n) is 2.17. The van der Waals surface area contributed by atoms with E-state index in [4.69, 9.17) is 0 Å². The second-order valence-electron chi connectivity index (χ2n) is 4.95. The molecule has 23 heavy (non-hydrogen) atoms. The molecule has 0 atom stereocenters. The highest BCUT2D eigenvalue weighted by atomic mass is 15.0. The van der Waals surface area contributed by atoms with Gasteiger partial charge in [-0.2, -0.15) is 5.26 Å². The van der Waals surface area contributed by atoms with Crippen molar-refractivity contribution in [1.29, 1.82) is 5.26 Å². The van der Waals surface area contributed by atoms with Crippen molar-refractivity contribution < 1.29 is 0 Å². The van der Waals surface area contributed by atoms with Crippen molar-refractivity contribution >= 4 is 5.82 Å². The second-order valence-corrected chi connectivity index (χ2v) is 4.95. The summed E-state index contributed by atoms with van der Waals surface area (Å²) >= 11 is 0. The molecule has 0 saturated carbocycles. The summed E-state index contributed by atoms with van der Waals surface area (Å²) in [5.41, 5.74) is 3.85. The largest absolute Gasteiger partial charge is 0.364 e. The van der Waals surface area contributed by atoms with E-state index in [2.05, 4.69) is 31.3 Å². The van der Waals surface area contributed by atoms with Gasteiger partial charge in [0.2, 0.25) is 0 Å². The van der Waals surface area contributed by atoms with Gasteiger partial charge >= 0.3 is 0 Å². The fourth-order valence-corrected chi connectivity index (χ4v) is 2.17. The molecule has 0 aliphatic carbocycles. The Morgan fingerprint density at radius 1 is 1.04 bits per heavy atom. The number of nitrogens with one attached hydrogen (secondary N) is 1. The standard InChI is InChI=1S/C17H14N6/c1-12-7-21-14(8-20-12)9-22-17-16(10-19-11-23-17)15-5-3-2-4-13(15)6-18/h2-5,7-8,10-11H,9H2,1H3,(H,19,22,23). The lowest BCUT2D eigenvalue weighted by Gasteiger charge is -2.11. The molecule has 0 spiro atoms.